The van der Waals surface area contributed by atoms with Crippen molar-refractivity contribution in [1.82, 2.24) is 5.32 Å². The number of amides is 1. The lowest BCUT2D eigenvalue weighted by Crippen LogP contribution is -2.55. The zero-order valence-corrected chi connectivity index (χ0v) is 14.2. The maximum atomic E-state index is 13.8. The molecule has 3 nitrogen and oxygen atoms in total. The summed E-state index contributed by atoms with van der Waals surface area (Å²) in [4.78, 5) is 15.1. The Morgan fingerprint density at radius 3 is 2.68 bits per heavy atom. The van der Waals surface area contributed by atoms with Gasteiger partial charge in [-0.25, -0.2) is 4.39 Å². The quantitative estimate of drug-likeness (QED) is 0.905. The van der Waals surface area contributed by atoms with Crippen LogP contribution in [0.25, 0.3) is 5.57 Å². The molecule has 0 unspecified atom stereocenters. The van der Waals surface area contributed by atoms with Crippen molar-refractivity contribution in [1.29, 1.82) is 0 Å². The number of carbonyl (C=O) groups is 1. The fourth-order valence-corrected chi connectivity index (χ4v) is 4.11. The van der Waals surface area contributed by atoms with Crippen LogP contribution in [0.1, 0.15) is 25.3 Å². The SMILES string of the molecule is C[C@H]1C[C@@]2(C=C(c3ccccc3)C(=O)N2c2cccc(F)c2)CCN1. The molecule has 0 radical (unpaired) electrons. The number of hydrogen-bond acceptors (Lipinski definition) is 2. The number of rotatable bonds is 2. The van der Waals surface area contributed by atoms with Gasteiger partial charge in [-0.1, -0.05) is 36.4 Å². The lowest BCUT2D eigenvalue weighted by molar-refractivity contribution is -0.113. The van der Waals surface area contributed by atoms with Crippen molar-refractivity contribution in [2.75, 3.05) is 11.4 Å². The van der Waals surface area contributed by atoms with Gasteiger partial charge in [0.25, 0.3) is 5.91 Å². The smallest absolute Gasteiger partial charge is 0.259 e. The first-order chi connectivity index (χ1) is 12.1. The molecule has 25 heavy (non-hydrogen) atoms. The van der Waals surface area contributed by atoms with E-state index in [1.807, 2.05) is 36.4 Å². The van der Waals surface area contributed by atoms with Gasteiger partial charge in [0.1, 0.15) is 5.82 Å². The van der Waals surface area contributed by atoms with Gasteiger partial charge in [-0.15, -0.1) is 0 Å². The number of anilines is 1. The third-order valence-electron chi connectivity index (χ3n) is 5.15. The third-order valence-corrected chi connectivity index (χ3v) is 5.15. The predicted molar refractivity (Wildman–Crippen MR) is 97.7 cm³/mol. The van der Waals surface area contributed by atoms with Crippen LogP contribution in [0.5, 0.6) is 0 Å². The summed E-state index contributed by atoms with van der Waals surface area (Å²) in [6.45, 7) is 2.96. The maximum absolute atomic E-state index is 13.8. The minimum absolute atomic E-state index is 0.0501. The zero-order valence-electron chi connectivity index (χ0n) is 14.2. The van der Waals surface area contributed by atoms with E-state index in [9.17, 15) is 9.18 Å². The second-order valence-corrected chi connectivity index (χ2v) is 6.96. The number of carbonyl (C=O) groups excluding carboxylic acids is 1. The summed E-state index contributed by atoms with van der Waals surface area (Å²) in [5.74, 6) is -0.374. The summed E-state index contributed by atoms with van der Waals surface area (Å²) < 4.78 is 13.8. The Hall–Kier alpha value is -2.46. The largest absolute Gasteiger partial charge is 0.314 e. The average Bonchev–Trinajstić information content (AvgIpc) is 2.87. The minimum Gasteiger partial charge on any atom is -0.314 e. The molecular formula is C21H21FN2O. The number of piperidine rings is 1. The van der Waals surface area contributed by atoms with Crippen LogP contribution < -0.4 is 10.2 Å². The molecule has 1 saturated heterocycles. The van der Waals surface area contributed by atoms with Crippen molar-refractivity contribution in [2.45, 2.75) is 31.3 Å². The van der Waals surface area contributed by atoms with Crippen LogP contribution in [0.15, 0.2) is 60.7 Å². The first kappa shape index (κ1) is 16.0. The Labute approximate surface area is 147 Å². The van der Waals surface area contributed by atoms with Gasteiger partial charge in [0.05, 0.1) is 5.54 Å². The van der Waals surface area contributed by atoms with E-state index < -0.39 is 5.54 Å². The van der Waals surface area contributed by atoms with E-state index in [2.05, 4.69) is 18.3 Å². The molecule has 1 spiro atoms. The van der Waals surface area contributed by atoms with E-state index >= 15 is 0 Å². The molecular weight excluding hydrogens is 315 g/mol. The highest BCUT2D eigenvalue weighted by atomic mass is 19.1. The van der Waals surface area contributed by atoms with Crippen molar-refractivity contribution in [3.8, 4) is 0 Å². The summed E-state index contributed by atoms with van der Waals surface area (Å²) in [5, 5.41) is 3.44. The Morgan fingerprint density at radius 2 is 1.96 bits per heavy atom. The van der Waals surface area contributed by atoms with E-state index in [-0.39, 0.29) is 11.7 Å². The van der Waals surface area contributed by atoms with Crippen LogP contribution in [0, 0.1) is 5.82 Å². The minimum atomic E-state index is -0.402. The molecule has 0 bridgehead atoms. The van der Waals surface area contributed by atoms with Gasteiger partial charge in [-0.05, 0) is 56.1 Å². The molecule has 0 saturated carbocycles. The normalized spacial score (nSPS) is 26.2. The molecule has 1 N–H and O–H groups in total. The first-order valence-corrected chi connectivity index (χ1v) is 8.71. The van der Waals surface area contributed by atoms with Crippen LogP contribution in [0.3, 0.4) is 0 Å². The van der Waals surface area contributed by atoms with Crippen molar-refractivity contribution in [3.05, 3.63) is 72.1 Å². The van der Waals surface area contributed by atoms with Gasteiger partial charge in [-0.2, -0.15) is 0 Å². The summed E-state index contributed by atoms with van der Waals surface area (Å²) in [5.41, 5.74) is 1.85. The topological polar surface area (TPSA) is 32.3 Å². The fraction of sp³-hybridized carbons (Fsp3) is 0.286. The van der Waals surface area contributed by atoms with Crippen LogP contribution in [-0.4, -0.2) is 24.0 Å². The lowest BCUT2D eigenvalue weighted by atomic mass is 9.83. The van der Waals surface area contributed by atoms with Gasteiger partial charge in [0.15, 0.2) is 0 Å². The number of halogens is 1. The van der Waals surface area contributed by atoms with Crippen LogP contribution in [0.4, 0.5) is 10.1 Å². The maximum Gasteiger partial charge on any atom is 0.259 e. The van der Waals surface area contributed by atoms with Gasteiger partial charge in [0.2, 0.25) is 0 Å². The highest BCUT2D eigenvalue weighted by molar-refractivity contribution is 6.30. The van der Waals surface area contributed by atoms with Crippen molar-refractivity contribution in [3.63, 3.8) is 0 Å². The third kappa shape index (κ3) is 2.76. The van der Waals surface area contributed by atoms with E-state index in [1.54, 1.807) is 11.0 Å². The molecule has 128 valence electrons. The number of nitrogens with one attached hydrogen (secondary N) is 1. The van der Waals surface area contributed by atoms with Crippen LogP contribution >= 0.6 is 0 Å². The highest BCUT2D eigenvalue weighted by Crippen LogP contribution is 2.43. The molecule has 4 rings (SSSR count). The number of benzene rings is 2. The van der Waals surface area contributed by atoms with E-state index in [1.165, 1.54) is 12.1 Å². The van der Waals surface area contributed by atoms with Crippen LogP contribution in [-0.2, 0) is 4.79 Å². The second-order valence-electron chi connectivity index (χ2n) is 6.96. The summed E-state index contributed by atoms with van der Waals surface area (Å²) in [6.07, 6.45) is 3.73. The van der Waals surface area contributed by atoms with Gasteiger partial charge in [0, 0.05) is 17.3 Å². The summed E-state index contributed by atoms with van der Waals surface area (Å²) >= 11 is 0. The Morgan fingerprint density at radius 1 is 1.16 bits per heavy atom. The van der Waals surface area contributed by atoms with Crippen molar-refractivity contribution in [2.24, 2.45) is 0 Å². The predicted octanol–water partition coefficient (Wildman–Crippen LogP) is 3.77. The summed E-state index contributed by atoms with van der Waals surface area (Å²) in [7, 11) is 0. The number of hydrogen-bond donors (Lipinski definition) is 1. The molecule has 4 heteroatoms. The lowest BCUT2D eigenvalue weighted by Gasteiger charge is -2.43. The molecule has 2 atom stereocenters. The Balaban J connectivity index is 1.84. The molecule has 1 fully saturated rings. The number of nitrogens with zero attached hydrogens (tertiary/aromatic N) is 1. The van der Waals surface area contributed by atoms with E-state index in [0.717, 1.165) is 24.9 Å². The Bertz CT molecular complexity index is 833. The molecule has 2 aliphatic heterocycles. The van der Waals surface area contributed by atoms with Gasteiger partial charge < -0.3 is 5.32 Å². The Kier molecular flexibility index (Phi) is 3.92. The standard InChI is InChI=1S/C21H21FN2O/c1-15-13-21(10-11-23-15)14-19(16-6-3-2-4-7-16)20(25)24(21)18-9-5-8-17(22)12-18/h2-9,12,14-15,23H,10-11,13H2,1H3/t15-,21+/m0/s1. The van der Waals surface area contributed by atoms with E-state index in [4.69, 9.17) is 0 Å². The average molecular weight is 336 g/mol. The highest BCUT2D eigenvalue weighted by Gasteiger charge is 2.48. The molecule has 0 aliphatic carbocycles. The monoisotopic (exact) mass is 336 g/mol. The molecule has 2 aromatic rings. The van der Waals surface area contributed by atoms with Crippen molar-refractivity contribution < 1.29 is 9.18 Å². The molecule has 2 aliphatic rings. The second kappa shape index (κ2) is 6.12. The molecule has 0 aromatic heterocycles. The summed E-state index contributed by atoms with van der Waals surface area (Å²) in [6, 6.07) is 16.4. The van der Waals surface area contributed by atoms with Gasteiger partial charge in [-0.3, -0.25) is 9.69 Å². The molecule has 2 aromatic carbocycles. The van der Waals surface area contributed by atoms with E-state index in [0.29, 0.717) is 17.3 Å². The molecule has 1 amide bonds. The van der Waals surface area contributed by atoms with Crippen molar-refractivity contribution >= 4 is 17.2 Å². The zero-order chi connectivity index (χ0) is 17.4. The molecule has 2 heterocycles. The van der Waals surface area contributed by atoms with Gasteiger partial charge >= 0.3 is 0 Å². The first-order valence-electron chi connectivity index (χ1n) is 8.71. The fourth-order valence-electron chi connectivity index (χ4n) is 4.11. The van der Waals surface area contributed by atoms with Crippen LogP contribution in [0.2, 0.25) is 0 Å².